The van der Waals surface area contributed by atoms with E-state index in [1.54, 1.807) is 7.05 Å². The molecular formula is C21H35IN4O2. The molecule has 1 aliphatic heterocycles. The number of likely N-dealkylation sites (tertiary alicyclic amines) is 1. The van der Waals surface area contributed by atoms with Gasteiger partial charge in [0.1, 0.15) is 11.9 Å². The number of carbonyl (C=O) groups excluding carboxylic acids is 1. The van der Waals surface area contributed by atoms with Gasteiger partial charge in [-0.05, 0) is 57.7 Å². The van der Waals surface area contributed by atoms with Crippen molar-refractivity contribution in [1.82, 2.24) is 15.5 Å². The Morgan fingerprint density at radius 2 is 2.14 bits per heavy atom. The Morgan fingerprint density at radius 1 is 1.36 bits per heavy atom. The van der Waals surface area contributed by atoms with Gasteiger partial charge >= 0.3 is 0 Å². The third kappa shape index (κ3) is 8.24. The maximum absolute atomic E-state index is 12.4. The molecule has 0 bridgehead atoms. The maximum Gasteiger partial charge on any atom is 0.224 e. The first kappa shape index (κ1) is 24.5. The number of aliphatic imine (C=N–C) groups is 1. The molecule has 28 heavy (non-hydrogen) atoms. The Bertz CT molecular complexity index is 639. The van der Waals surface area contributed by atoms with Crippen LogP contribution in [0, 0.1) is 6.92 Å². The third-order valence-electron chi connectivity index (χ3n) is 4.86. The van der Waals surface area contributed by atoms with E-state index in [0.29, 0.717) is 31.5 Å². The van der Waals surface area contributed by atoms with Crippen molar-refractivity contribution in [1.29, 1.82) is 0 Å². The number of benzene rings is 1. The summed E-state index contributed by atoms with van der Waals surface area (Å²) < 4.78 is 5.92. The van der Waals surface area contributed by atoms with Crippen LogP contribution in [0.3, 0.4) is 0 Å². The van der Waals surface area contributed by atoms with E-state index in [-0.39, 0.29) is 36.0 Å². The van der Waals surface area contributed by atoms with Gasteiger partial charge in [-0.25, -0.2) is 0 Å². The van der Waals surface area contributed by atoms with Crippen molar-refractivity contribution in [2.24, 2.45) is 4.99 Å². The van der Waals surface area contributed by atoms with Crippen molar-refractivity contribution < 1.29 is 9.53 Å². The van der Waals surface area contributed by atoms with Crippen LogP contribution in [0.5, 0.6) is 5.75 Å². The van der Waals surface area contributed by atoms with Crippen LogP contribution in [0.4, 0.5) is 0 Å². The highest BCUT2D eigenvalue weighted by atomic mass is 127. The normalized spacial score (nSPS) is 18.1. The molecule has 1 amide bonds. The Labute approximate surface area is 186 Å². The first-order chi connectivity index (χ1) is 13.0. The molecule has 1 saturated heterocycles. The predicted molar refractivity (Wildman–Crippen MR) is 126 cm³/mol. The fourth-order valence-corrected chi connectivity index (χ4v) is 3.32. The van der Waals surface area contributed by atoms with Gasteiger partial charge in [0, 0.05) is 32.6 Å². The fraction of sp³-hybridized carbons (Fsp3) is 0.619. The van der Waals surface area contributed by atoms with Gasteiger partial charge in [-0.3, -0.25) is 9.79 Å². The van der Waals surface area contributed by atoms with E-state index >= 15 is 0 Å². The minimum absolute atomic E-state index is 0. The number of guanidine groups is 1. The number of piperidine rings is 1. The molecule has 158 valence electrons. The molecule has 0 aromatic heterocycles. The monoisotopic (exact) mass is 502 g/mol. The highest BCUT2D eigenvalue weighted by Gasteiger charge is 2.22. The van der Waals surface area contributed by atoms with Crippen LogP contribution in [0.2, 0.25) is 0 Å². The van der Waals surface area contributed by atoms with Crippen molar-refractivity contribution in [3.63, 3.8) is 0 Å². The number of halogens is 1. The molecule has 2 atom stereocenters. The predicted octanol–water partition coefficient (Wildman–Crippen LogP) is 3.34. The number of nitrogens with zero attached hydrogens (tertiary/aromatic N) is 2. The summed E-state index contributed by atoms with van der Waals surface area (Å²) >= 11 is 0. The van der Waals surface area contributed by atoms with Crippen molar-refractivity contribution >= 4 is 35.8 Å². The standard InChI is InChI=1S/C21H34N4O2.HI/c1-16-8-7-10-19(14-16)27-18(3)15-24-21(22-4)23-12-11-20(26)25-13-6-5-9-17(25)2;/h7-8,10,14,17-18H,5-6,9,11-13,15H2,1-4H3,(H2,22,23,24);1H. The summed E-state index contributed by atoms with van der Waals surface area (Å²) in [6, 6.07) is 8.39. The largest absolute Gasteiger partial charge is 0.489 e. The van der Waals surface area contributed by atoms with E-state index in [2.05, 4.69) is 22.5 Å². The van der Waals surface area contributed by atoms with Gasteiger partial charge < -0.3 is 20.3 Å². The summed E-state index contributed by atoms with van der Waals surface area (Å²) in [5.41, 5.74) is 1.18. The molecule has 0 saturated carbocycles. The van der Waals surface area contributed by atoms with Gasteiger partial charge in [0.2, 0.25) is 5.91 Å². The van der Waals surface area contributed by atoms with Gasteiger partial charge in [-0.1, -0.05) is 12.1 Å². The lowest BCUT2D eigenvalue weighted by Gasteiger charge is -2.33. The molecule has 0 spiro atoms. The summed E-state index contributed by atoms with van der Waals surface area (Å²) in [4.78, 5) is 18.6. The van der Waals surface area contributed by atoms with Gasteiger partial charge in [0.25, 0.3) is 0 Å². The highest BCUT2D eigenvalue weighted by Crippen LogP contribution is 2.17. The van der Waals surface area contributed by atoms with E-state index in [1.807, 2.05) is 43.0 Å². The summed E-state index contributed by atoms with van der Waals surface area (Å²) in [7, 11) is 1.73. The van der Waals surface area contributed by atoms with Gasteiger partial charge in [-0.2, -0.15) is 0 Å². The Balaban J connectivity index is 0.00000392. The molecule has 2 N–H and O–H groups in total. The molecule has 7 heteroatoms. The van der Waals surface area contributed by atoms with Crippen molar-refractivity contribution in [2.45, 2.75) is 58.6 Å². The molecule has 0 radical (unpaired) electrons. The zero-order valence-corrected chi connectivity index (χ0v) is 19.9. The first-order valence-electron chi connectivity index (χ1n) is 9.97. The van der Waals surface area contributed by atoms with Crippen LogP contribution in [0.15, 0.2) is 29.3 Å². The molecule has 6 nitrogen and oxygen atoms in total. The number of hydrogen-bond donors (Lipinski definition) is 2. The number of hydrogen-bond acceptors (Lipinski definition) is 3. The maximum atomic E-state index is 12.4. The molecule has 1 fully saturated rings. The van der Waals surface area contributed by atoms with Crippen LogP contribution < -0.4 is 15.4 Å². The number of aryl methyl sites for hydroxylation is 1. The van der Waals surface area contributed by atoms with E-state index in [1.165, 1.54) is 12.0 Å². The second kappa shape index (κ2) is 12.9. The van der Waals surface area contributed by atoms with Crippen LogP contribution in [0.25, 0.3) is 0 Å². The molecular weight excluding hydrogens is 467 g/mol. The number of carbonyl (C=O) groups is 1. The van der Waals surface area contributed by atoms with E-state index in [4.69, 9.17) is 4.74 Å². The number of amides is 1. The molecule has 1 aromatic rings. The molecule has 1 aromatic carbocycles. The average molecular weight is 502 g/mol. The lowest BCUT2D eigenvalue weighted by molar-refractivity contribution is -0.134. The smallest absolute Gasteiger partial charge is 0.224 e. The van der Waals surface area contributed by atoms with Gasteiger partial charge in [-0.15, -0.1) is 24.0 Å². The SMILES string of the molecule is CN=C(NCCC(=O)N1CCCCC1C)NCC(C)Oc1cccc(C)c1.I. The Kier molecular flexibility index (Phi) is 11.3. The zero-order valence-electron chi connectivity index (χ0n) is 17.5. The van der Waals surface area contributed by atoms with Gasteiger partial charge in [0.15, 0.2) is 5.96 Å². The fourth-order valence-electron chi connectivity index (χ4n) is 3.32. The molecule has 1 heterocycles. The summed E-state index contributed by atoms with van der Waals surface area (Å²) in [5, 5.41) is 6.47. The van der Waals surface area contributed by atoms with E-state index in [0.717, 1.165) is 25.1 Å². The Hall–Kier alpha value is -1.51. The molecule has 1 aliphatic rings. The molecule has 2 unspecified atom stereocenters. The van der Waals surface area contributed by atoms with Gasteiger partial charge in [0.05, 0.1) is 6.54 Å². The average Bonchev–Trinajstić information content (AvgIpc) is 2.64. The lowest BCUT2D eigenvalue weighted by atomic mass is 10.0. The van der Waals surface area contributed by atoms with Crippen LogP contribution >= 0.6 is 24.0 Å². The van der Waals surface area contributed by atoms with E-state index < -0.39 is 0 Å². The van der Waals surface area contributed by atoms with Crippen molar-refractivity contribution in [3.8, 4) is 5.75 Å². The quantitative estimate of drug-likeness (QED) is 0.341. The second-order valence-electron chi connectivity index (χ2n) is 7.31. The summed E-state index contributed by atoms with van der Waals surface area (Å²) in [6.45, 7) is 8.30. The van der Waals surface area contributed by atoms with Crippen LogP contribution in [-0.4, -0.2) is 55.6 Å². The number of rotatable bonds is 7. The number of ether oxygens (including phenoxy) is 1. The second-order valence-corrected chi connectivity index (χ2v) is 7.31. The zero-order chi connectivity index (χ0) is 19.6. The first-order valence-corrected chi connectivity index (χ1v) is 9.97. The van der Waals surface area contributed by atoms with Crippen LogP contribution in [0.1, 0.15) is 45.1 Å². The molecule has 2 rings (SSSR count). The minimum atomic E-state index is 0. The lowest BCUT2D eigenvalue weighted by Crippen LogP contribution is -2.45. The Morgan fingerprint density at radius 3 is 2.82 bits per heavy atom. The topological polar surface area (TPSA) is 66.0 Å². The molecule has 0 aliphatic carbocycles. The van der Waals surface area contributed by atoms with Crippen molar-refractivity contribution in [3.05, 3.63) is 29.8 Å². The van der Waals surface area contributed by atoms with E-state index in [9.17, 15) is 4.79 Å². The highest BCUT2D eigenvalue weighted by molar-refractivity contribution is 14.0. The summed E-state index contributed by atoms with van der Waals surface area (Å²) in [6.07, 6.45) is 3.94. The van der Waals surface area contributed by atoms with Crippen molar-refractivity contribution in [2.75, 3.05) is 26.7 Å². The summed E-state index contributed by atoms with van der Waals surface area (Å²) in [5.74, 6) is 1.78. The minimum Gasteiger partial charge on any atom is -0.489 e. The number of nitrogens with one attached hydrogen (secondary N) is 2. The van der Waals surface area contributed by atoms with Crippen LogP contribution in [-0.2, 0) is 4.79 Å². The third-order valence-corrected chi connectivity index (χ3v) is 4.86.